The van der Waals surface area contributed by atoms with Crippen LogP contribution in [-0.4, -0.2) is 32.3 Å². The van der Waals surface area contributed by atoms with Crippen molar-refractivity contribution < 1.29 is 14.3 Å². The lowest BCUT2D eigenvalue weighted by molar-refractivity contribution is 0.0600. The molecule has 2 atom stereocenters. The van der Waals surface area contributed by atoms with Crippen molar-refractivity contribution in [1.29, 1.82) is 0 Å². The third kappa shape index (κ3) is 3.51. The van der Waals surface area contributed by atoms with E-state index < -0.39 is 0 Å². The van der Waals surface area contributed by atoms with Gasteiger partial charge >= 0.3 is 5.97 Å². The van der Waals surface area contributed by atoms with Gasteiger partial charge in [-0.1, -0.05) is 0 Å². The molecule has 2 rings (SSSR count). The average molecular weight is 277 g/mol. The third-order valence-corrected chi connectivity index (χ3v) is 3.97. The van der Waals surface area contributed by atoms with Crippen molar-refractivity contribution in [2.24, 2.45) is 0 Å². The minimum absolute atomic E-state index is 0.295. The topological polar surface area (TPSA) is 47.6 Å². The fourth-order valence-electron chi connectivity index (χ4n) is 2.78. The van der Waals surface area contributed by atoms with Crippen molar-refractivity contribution in [3.05, 3.63) is 29.3 Å². The summed E-state index contributed by atoms with van der Waals surface area (Å²) in [4.78, 5) is 11.5. The number of rotatable bonds is 4. The molecule has 1 aromatic carbocycles. The van der Waals surface area contributed by atoms with Gasteiger partial charge in [-0.3, -0.25) is 0 Å². The fraction of sp³-hybridized carbons (Fsp3) is 0.562. The highest BCUT2D eigenvalue weighted by Crippen LogP contribution is 2.25. The monoisotopic (exact) mass is 277 g/mol. The summed E-state index contributed by atoms with van der Waals surface area (Å²) in [6, 6.07) is 6.07. The first-order chi connectivity index (χ1) is 9.63. The summed E-state index contributed by atoms with van der Waals surface area (Å²) in [5.41, 5.74) is 2.74. The summed E-state index contributed by atoms with van der Waals surface area (Å²) in [5, 5.41) is 3.57. The highest BCUT2D eigenvalue weighted by Gasteiger charge is 2.22. The summed E-state index contributed by atoms with van der Waals surface area (Å²) < 4.78 is 10.2. The van der Waals surface area contributed by atoms with Gasteiger partial charge < -0.3 is 14.8 Å². The molecule has 1 N–H and O–H groups in total. The van der Waals surface area contributed by atoms with E-state index in [1.165, 1.54) is 13.5 Å². The molecule has 0 aliphatic heterocycles. The van der Waals surface area contributed by atoms with Crippen LogP contribution in [0.5, 0.6) is 0 Å². The third-order valence-electron chi connectivity index (χ3n) is 3.97. The number of hydrogen-bond donors (Lipinski definition) is 1. The number of nitrogens with one attached hydrogen (secondary N) is 1. The fourth-order valence-corrected chi connectivity index (χ4v) is 2.78. The van der Waals surface area contributed by atoms with E-state index in [0.717, 1.165) is 30.5 Å². The van der Waals surface area contributed by atoms with Crippen LogP contribution in [0, 0.1) is 6.92 Å². The number of ether oxygens (including phenoxy) is 2. The average Bonchev–Trinajstić information content (AvgIpc) is 2.48. The number of hydrogen-bond acceptors (Lipinski definition) is 4. The van der Waals surface area contributed by atoms with E-state index in [4.69, 9.17) is 9.47 Å². The van der Waals surface area contributed by atoms with Crippen LogP contribution in [0.25, 0.3) is 0 Å². The van der Waals surface area contributed by atoms with Crippen molar-refractivity contribution in [3.63, 3.8) is 0 Å². The van der Waals surface area contributed by atoms with Gasteiger partial charge in [0.2, 0.25) is 0 Å². The first kappa shape index (κ1) is 14.9. The van der Waals surface area contributed by atoms with Gasteiger partial charge in [0.05, 0.1) is 18.8 Å². The second-order valence-corrected chi connectivity index (χ2v) is 5.39. The Balaban J connectivity index is 2.04. The lowest BCUT2D eigenvalue weighted by atomic mass is 9.92. The van der Waals surface area contributed by atoms with E-state index in [9.17, 15) is 4.79 Å². The van der Waals surface area contributed by atoms with Gasteiger partial charge in [0.1, 0.15) is 0 Å². The zero-order valence-electron chi connectivity index (χ0n) is 12.4. The zero-order valence-corrected chi connectivity index (χ0v) is 12.4. The molecule has 2 unspecified atom stereocenters. The predicted octanol–water partition coefficient (Wildman–Crippen LogP) is 3.15. The van der Waals surface area contributed by atoms with E-state index in [1.54, 1.807) is 13.2 Å². The van der Waals surface area contributed by atoms with Crippen LogP contribution in [0.2, 0.25) is 0 Å². The second kappa shape index (κ2) is 6.75. The van der Waals surface area contributed by atoms with Crippen LogP contribution in [0.15, 0.2) is 18.2 Å². The van der Waals surface area contributed by atoms with Crippen LogP contribution in [0.3, 0.4) is 0 Å². The number of anilines is 1. The smallest absolute Gasteiger partial charge is 0.337 e. The normalized spacial score (nSPS) is 22.4. The molecule has 0 amide bonds. The maximum Gasteiger partial charge on any atom is 0.337 e. The standard InChI is InChI=1S/C16H23NO3/c1-11-9-12(16(18)20-3)7-8-15(11)17-13-5-4-6-14(10-13)19-2/h7-9,13-14,17H,4-6,10H2,1-3H3. The summed E-state index contributed by atoms with van der Waals surface area (Å²) in [6.45, 7) is 2.01. The molecular weight excluding hydrogens is 254 g/mol. The van der Waals surface area contributed by atoms with Gasteiger partial charge in [0.25, 0.3) is 0 Å². The lowest BCUT2D eigenvalue weighted by Gasteiger charge is -2.30. The molecule has 1 aliphatic carbocycles. The van der Waals surface area contributed by atoms with Crippen LogP contribution in [0.4, 0.5) is 5.69 Å². The summed E-state index contributed by atoms with van der Waals surface area (Å²) in [6.07, 6.45) is 4.90. The Labute approximate surface area is 120 Å². The second-order valence-electron chi connectivity index (χ2n) is 5.39. The molecule has 4 heteroatoms. The number of methoxy groups -OCH3 is 2. The summed E-state index contributed by atoms with van der Waals surface area (Å²) in [7, 11) is 3.18. The van der Waals surface area contributed by atoms with E-state index in [2.05, 4.69) is 5.32 Å². The molecule has 20 heavy (non-hydrogen) atoms. The Morgan fingerprint density at radius 2 is 2.10 bits per heavy atom. The van der Waals surface area contributed by atoms with Crippen LogP contribution >= 0.6 is 0 Å². The Bertz CT molecular complexity index is 473. The van der Waals surface area contributed by atoms with Crippen molar-refractivity contribution in [2.45, 2.75) is 44.8 Å². The Hall–Kier alpha value is -1.55. The highest BCUT2D eigenvalue weighted by atomic mass is 16.5. The van der Waals surface area contributed by atoms with E-state index >= 15 is 0 Å². The first-order valence-corrected chi connectivity index (χ1v) is 7.12. The first-order valence-electron chi connectivity index (χ1n) is 7.12. The van der Waals surface area contributed by atoms with Crippen LogP contribution < -0.4 is 5.32 Å². The Morgan fingerprint density at radius 3 is 2.75 bits per heavy atom. The number of esters is 1. The molecule has 1 aliphatic rings. The van der Waals surface area contributed by atoms with Crippen molar-refractivity contribution in [2.75, 3.05) is 19.5 Å². The van der Waals surface area contributed by atoms with Crippen LogP contribution in [0.1, 0.15) is 41.6 Å². The maximum atomic E-state index is 11.5. The highest BCUT2D eigenvalue weighted by molar-refractivity contribution is 5.90. The van der Waals surface area contributed by atoms with E-state index in [1.807, 2.05) is 19.1 Å². The van der Waals surface area contributed by atoms with Gasteiger partial charge in [-0.05, 0) is 56.4 Å². The quantitative estimate of drug-likeness (QED) is 0.859. The van der Waals surface area contributed by atoms with Crippen molar-refractivity contribution in [3.8, 4) is 0 Å². The number of aryl methyl sites for hydroxylation is 1. The molecule has 0 heterocycles. The van der Waals surface area contributed by atoms with Crippen molar-refractivity contribution >= 4 is 11.7 Å². The molecular formula is C16H23NO3. The van der Waals surface area contributed by atoms with Gasteiger partial charge in [0, 0.05) is 18.8 Å². The molecule has 4 nitrogen and oxygen atoms in total. The van der Waals surface area contributed by atoms with E-state index in [0.29, 0.717) is 17.7 Å². The molecule has 0 spiro atoms. The van der Waals surface area contributed by atoms with Crippen molar-refractivity contribution in [1.82, 2.24) is 0 Å². The SMILES string of the molecule is COC(=O)c1ccc(NC2CCCC(OC)C2)c(C)c1. The van der Waals surface area contributed by atoms with Gasteiger partial charge in [-0.2, -0.15) is 0 Å². The summed E-state index contributed by atoms with van der Waals surface area (Å²) in [5.74, 6) is -0.295. The molecule has 110 valence electrons. The van der Waals surface area contributed by atoms with E-state index in [-0.39, 0.29) is 5.97 Å². The molecule has 1 aromatic rings. The van der Waals surface area contributed by atoms with Crippen LogP contribution in [-0.2, 0) is 9.47 Å². The Kier molecular flexibility index (Phi) is 5.01. The molecule has 1 saturated carbocycles. The molecule has 0 radical (unpaired) electrons. The number of carbonyl (C=O) groups is 1. The summed E-state index contributed by atoms with van der Waals surface area (Å²) >= 11 is 0. The van der Waals surface area contributed by atoms with Gasteiger partial charge in [-0.25, -0.2) is 4.79 Å². The van der Waals surface area contributed by atoms with Gasteiger partial charge in [0.15, 0.2) is 0 Å². The van der Waals surface area contributed by atoms with Gasteiger partial charge in [-0.15, -0.1) is 0 Å². The number of carbonyl (C=O) groups excluding carboxylic acids is 1. The largest absolute Gasteiger partial charge is 0.465 e. The minimum atomic E-state index is -0.295. The Morgan fingerprint density at radius 1 is 1.30 bits per heavy atom. The molecule has 1 fully saturated rings. The molecule has 0 bridgehead atoms. The molecule has 0 aromatic heterocycles. The lowest BCUT2D eigenvalue weighted by Crippen LogP contribution is -2.31. The number of benzene rings is 1. The zero-order chi connectivity index (χ0) is 14.5. The molecule has 0 saturated heterocycles. The minimum Gasteiger partial charge on any atom is -0.465 e. The maximum absolute atomic E-state index is 11.5. The predicted molar refractivity (Wildman–Crippen MR) is 79.2 cm³/mol.